The molecule has 1 radical (unpaired) electrons. The van der Waals surface area contributed by atoms with E-state index in [1.165, 1.54) is 0 Å². The Hall–Kier alpha value is 0.0247. The van der Waals surface area contributed by atoms with E-state index in [-0.39, 0.29) is 59.8 Å². The molecule has 1 aliphatic rings. The molecule has 0 aliphatic carbocycles. The number of rotatable bonds is 9. The van der Waals surface area contributed by atoms with Gasteiger partial charge in [-0.05, 0) is 12.7 Å². The smallest absolute Gasteiger partial charge is 0.834 e. The fraction of sp³-hybridized carbons (Fsp3) is 0.889. The Morgan fingerprint density at radius 3 is 1.52 bits per heavy atom. The molecule has 0 aromatic heterocycles. The second-order valence-corrected chi connectivity index (χ2v) is 7.56. The first-order valence-corrected chi connectivity index (χ1v) is 9.75. The molecule has 10 nitrogen and oxygen atoms in total. The van der Waals surface area contributed by atoms with Crippen LogP contribution in [0, 0.1) is 45.9 Å². The number of hydrogen-bond donors (Lipinski definition) is 0. The number of carbonyl (C=O) groups is 2. The van der Waals surface area contributed by atoms with E-state index in [1.807, 2.05) is 14.7 Å². The zero-order valence-electron chi connectivity index (χ0n) is 17.4. The number of ether oxygens (including phenoxy) is 1. The first-order valence-electron chi connectivity index (χ1n) is 9.75. The predicted octanol–water partition coefficient (Wildman–Crippen LogP) is -4.34. The summed E-state index contributed by atoms with van der Waals surface area (Å²) in [7, 11) is 0. The standard InChI is InChI=1S/C18H35N4O6.Gd/c1-16(2)11-19-3-5-20(12-17(24)25)7-9-22(14-28-15-23)10-8-21(6-4-19)13-18(26)27;/h16H,3-15H2,1-2H3,(H,24,25)(H,26,27);/q-1;+3/p-2. The topological polar surface area (TPSA) is 126 Å². The SMILES string of the molecule is CC(C)CN1CCN(CC(=O)[O-])CCN(COC[O-])CCN(CC(=O)[O-])CC1.[Gd+3]. The van der Waals surface area contributed by atoms with Gasteiger partial charge in [0.05, 0.1) is 18.7 Å². The Morgan fingerprint density at radius 2 is 1.17 bits per heavy atom. The maximum absolute atomic E-state index is 11.1. The van der Waals surface area contributed by atoms with Crippen molar-refractivity contribution in [2.45, 2.75) is 13.8 Å². The molecule has 11 heteroatoms. The molecule has 0 aromatic carbocycles. The first-order chi connectivity index (χ1) is 13.3. The van der Waals surface area contributed by atoms with Crippen LogP contribution in [0.4, 0.5) is 0 Å². The maximum Gasteiger partial charge on any atom is 3.00 e. The van der Waals surface area contributed by atoms with Crippen LogP contribution in [-0.4, -0.2) is 117 Å². The van der Waals surface area contributed by atoms with Gasteiger partial charge >= 0.3 is 39.9 Å². The molecule has 0 saturated carbocycles. The number of nitrogens with zero attached hydrogens (tertiary/aromatic N) is 4. The number of aliphatic carboxylic acids is 2. The predicted molar refractivity (Wildman–Crippen MR) is 96.6 cm³/mol. The monoisotopic (exact) mass is 559 g/mol. The van der Waals surface area contributed by atoms with E-state index >= 15 is 0 Å². The summed E-state index contributed by atoms with van der Waals surface area (Å²) in [4.78, 5) is 29.9. The van der Waals surface area contributed by atoms with Gasteiger partial charge in [-0.15, -0.1) is 0 Å². The number of carbonyl (C=O) groups excluding carboxylic acids is 2. The largest absolute Gasteiger partial charge is 3.00 e. The van der Waals surface area contributed by atoms with Crippen LogP contribution < -0.4 is 15.3 Å². The summed E-state index contributed by atoms with van der Waals surface area (Å²) in [5, 5.41) is 32.8. The molecule has 1 fully saturated rings. The number of carboxylic acids is 2. The molecule has 1 heterocycles. The molecule has 0 amide bonds. The molecular weight excluding hydrogens is 525 g/mol. The summed E-state index contributed by atoms with van der Waals surface area (Å²) in [5.74, 6) is -1.80. The summed E-state index contributed by atoms with van der Waals surface area (Å²) in [6, 6.07) is 0. The Bertz CT molecular complexity index is 440. The van der Waals surface area contributed by atoms with Crippen molar-refractivity contribution in [2.24, 2.45) is 5.92 Å². The van der Waals surface area contributed by atoms with Gasteiger partial charge in [-0.25, -0.2) is 0 Å². The van der Waals surface area contributed by atoms with Crippen molar-refractivity contribution in [2.75, 3.05) is 85.5 Å². The van der Waals surface area contributed by atoms with Crippen molar-refractivity contribution in [3.05, 3.63) is 0 Å². The van der Waals surface area contributed by atoms with E-state index in [0.29, 0.717) is 58.3 Å². The van der Waals surface area contributed by atoms with Gasteiger partial charge in [0.2, 0.25) is 0 Å². The fourth-order valence-corrected chi connectivity index (χ4v) is 3.25. The quantitative estimate of drug-likeness (QED) is 0.257. The molecule has 0 unspecified atom stereocenters. The van der Waals surface area contributed by atoms with Crippen LogP contribution in [-0.2, 0) is 14.3 Å². The van der Waals surface area contributed by atoms with Gasteiger partial charge in [-0.2, -0.15) is 0 Å². The van der Waals surface area contributed by atoms with E-state index in [4.69, 9.17) is 4.74 Å². The molecule has 1 saturated heterocycles. The third-order valence-corrected chi connectivity index (χ3v) is 4.62. The van der Waals surface area contributed by atoms with Gasteiger partial charge in [0, 0.05) is 72.0 Å². The van der Waals surface area contributed by atoms with Crippen molar-refractivity contribution >= 4 is 11.9 Å². The third kappa shape index (κ3) is 14.6. The van der Waals surface area contributed by atoms with Gasteiger partial charge < -0.3 is 34.5 Å². The van der Waals surface area contributed by atoms with E-state index in [1.54, 1.807) is 0 Å². The van der Waals surface area contributed by atoms with E-state index in [0.717, 1.165) is 6.54 Å². The van der Waals surface area contributed by atoms with Gasteiger partial charge in [0.1, 0.15) is 0 Å². The molecule has 1 rings (SSSR count). The van der Waals surface area contributed by atoms with Crippen LogP contribution in [0.5, 0.6) is 0 Å². The Labute approximate surface area is 205 Å². The van der Waals surface area contributed by atoms with Crippen molar-refractivity contribution in [1.29, 1.82) is 0 Å². The third-order valence-electron chi connectivity index (χ3n) is 4.62. The van der Waals surface area contributed by atoms with Crippen LogP contribution >= 0.6 is 0 Å². The second kappa shape index (κ2) is 16.7. The van der Waals surface area contributed by atoms with Crippen LogP contribution in [0.2, 0.25) is 0 Å². The van der Waals surface area contributed by atoms with Gasteiger partial charge in [0.25, 0.3) is 0 Å². The molecule has 169 valence electrons. The number of hydrogen-bond acceptors (Lipinski definition) is 10. The van der Waals surface area contributed by atoms with Crippen molar-refractivity contribution in [3.63, 3.8) is 0 Å². The van der Waals surface area contributed by atoms with E-state index in [2.05, 4.69) is 18.7 Å². The first kappa shape index (κ1) is 29.0. The van der Waals surface area contributed by atoms with Crippen LogP contribution in [0.3, 0.4) is 0 Å². The van der Waals surface area contributed by atoms with Crippen molar-refractivity contribution in [3.8, 4) is 0 Å². The minimum Gasteiger partial charge on any atom is -0.834 e. The molecular formula is C18H33GdN4O6. The molecule has 0 spiro atoms. The van der Waals surface area contributed by atoms with E-state index in [9.17, 15) is 24.9 Å². The van der Waals surface area contributed by atoms with E-state index < -0.39 is 18.7 Å². The number of carboxylic acid groups (broad SMARTS) is 2. The summed E-state index contributed by atoms with van der Waals surface area (Å²) in [6.45, 7) is 8.74. The molecule has 1 aliphatic heterocycles. The summed E-state index contributed by atoms with van der Waals surface area (Å²) in [5.41, 5.74) is 0. The minimum absolute atomic E-state index is 0. The zero-order valence-corrected chi connectivity index (χ0v) is 19.6. The Morgan fingerprint density at radius 1 is 0.793 bits per heavy atom. The molecule has 0 aromatic rings. The van der Waals surface area contributed by atoms with Crippen molar-refractivity contribution in [1.82, 2.24) is 19.6 Å². The summed E-state index contributed by atoms with van der Waals surface area (Å²) >= 11 is 0. The molecule has 29 heavy (non-hydrogen) atoms. The second-order valence-electron chi connectivity index (χ2n) is 7.56. The average Bonchev–Trinajstić information content (AvgIpc) is 2.59. The fourth-order valence-electron chi connectivity index (χ4n) is 3.25. The molecule has 0 N–H and O–H groups in total. The van der Waals surface area contributed by atoms with Crippen LogP contribution in [0.25, 0.3) is 0 Å². The van der Waals surface area contributed by atoms with Crippen molar-refractivity contribution < 1.29 is 69.6 Å². The molecule has 0 atom stereocenters. The summed E-state index contributed by atoms with van der Waals surface area (Å²) < 4.78 is 4.96. The minimum atomic E-state index is -1.12. The van der Waals surface area contributed by atoms with Crippen LogP contribution in [0.1, 0.15) is 13.8 Å². The Kier molecular flexibility index (Phi) is 16.7. The maximum atomic E-state index is 11.1. The van der Waals surface area contributed by atoms with Gasteiger partial charge in [0.15, 0.2) is 0 Å². The molecule has 0 bridgehead atoms. The Balaban J connectivity index is 0.00000784. The normalized spacial score (nSPS) is 19.3. The van der Waals surface area contributed by atoms with Gasteiger partial charge in [-0.1, -0.05) is 13.8 Å². The van der Waals surface area contributed by atoms with Gasteiger partial charge in [-0.3, -0.25) is 14.7 Å². The zero-order chi connectivity index (χ0) is 20.9. The summed E-state index contributed by atoms with van der Waals surface area (Å²) in [6.07, 6.45) is 0. The average molecular weight is 559 g/mol. The van der Waals surface area contributed by atoms with Crippen LogP contribution in [0.15, 0.2) is 0 Å².